The Bertz CT molecular complexity index is 231. The van der Waals surface area contributed by atoms with E-state index in [-0.39, 0.29) is 13.0 Å². The van der Waals surface area contributed by atoms with Crippen molar-refractivity contribution in [3.8, 4) is 0 Å². The molecule has 1 rings (SSSR count). The fourth-order valence-electron chi connectivity index (χ4n) is 1.36. The SMILES string of the molecule is CO[C@H]1O[C@H](CN=[N+]=[N-])C[C@H](O)[C@H]1O. The van der Waals surface area contributed by atoms with Crippen molar-refractivity contribution in [2.45, 2.75) is 31.0 Å². The van der Waals surface area contributed by atoms with Crippen molar-refractivity contribution in [3.63, 3.8) is 0 Å². The molecule has 0 spiro atoms. The molecule has 0 saturated carbocycles. The van der Waals surface area contributed by atoms with Gasteiger partial charge in [0.1, 0.15) is 6.10 Å². The lowest BCUT2D eigenvalue weighted by Gasteiger charge is -2.35. The average molecular weight is 203 g/mol. The number of azide groups is 1. The van der Waals surface area contributed by atoms with E-state index in [4.69, 9.17) is 15.0 Å². The largest absolute Gasteiger partial charge is 0.390 e. The average Bonchev–Trinajstić information content (AvgIpc) is 2.19. The predicted octanol–water partition coefficient (Wildman–Crippen LogP) is -0.220. The first-order valence-electron chi connectivity index (χ1n) is 4.24. The summed E-state index contributed by atoms with van der Waals surface area (Å²) in [5.41, 5.74) is 8.10. The summed E-state index contributed by atoms with van der Waals surface area (Å²) in [5, 5.41) is 22.1. The summed E-state index contributed by atoms with van der Waals surface area (Å²) in [6.07, 6.45) is -3.00. The van der Waals surface area contributed by atoms with Crippen LogP contribution in [0.2, 0.25) is 0 Å². The van der Waals surface area contributed by atoms with Gasteiger partial charge in [-0.25, -0.2) is 0 Å². The highest BCUT2D eigenvalue weighted by Gasteiger charge is 2.36. The zero-order valence-corrected chi connectivity index (χ0v) is 7.78. The van der Waals surface area contributed by atoms with E-state index in [1.807, 2.05) is 0 Å². The number of methoxy groups -OCH3 is 1. The number of hydrogen-bond donors (Lipinski definition) is 2. The van der Waals surface area contributed by atoms with Crippen molar-refractivity contribution in [1.29, 1.82) is 0 Å². The van der Waals surface area contributed by atoms with E-state index in [1.54, 1.807) is 0 Å². The lowest BCUT2D eigenvalue weighted by Crippen LogP contribution is -2.49. The first-order valence-corrected chi connectivity index (χ1v) is 4.24. The van der Waals surface area contributed by atoms with Gasteiger partial charge in [0, 0.05) is 18.4 Å². The molecule has 1 heterocycles. The fraction of sp³-hybridized carbons (Fsp3) is 1.00. The summed E-state index contributed by atoms with van der Waals surface area (Å²) in [5.74, 6) is 0. The van der Waals surface area contributed by atoms with Crippen molar-refractivity contribution in [2.24, 2.45) is 5.11 Å². The van der Waals surface area contributed by atoms with Crippen molar-refractivity contribution < 1.29 is 19.7 Å². The summed E-state index contributed by atoms with van der Waals surface area (Å²) in [4.78, 5) is 2.58. The standard InChI is InChI=1S/C7H13N3O4/c1-13-7-6(12)5(11)2-4(14-7)3-9-10-8/h4-7,11-12H,2-3H2,1H3/t4-,5-,6+,7-/m0/s1. The van der Waals surface area contributed by atoms with Gasteiger partial charge < -0.3 is 19.7 Å². The maximum atomic E-state index is 9.40. The van der Waals surface area contributed by atoms with Gasteiger partial charge in [0.05, 0.1) is 18.8 Å². The number of aliphatic hydroxyl groups excluding tert-OH is 2. The van der Waals surface area contributed by atoms with Crippen LogP contribution in [-0.4, -0.2) is 48.5 Å². The van der Waals surface area contributed by atoms with Gasteiger partial charge in [0.2, 0.25) is 0 Å². The zero-order chi connectivity index (χ0) is 10.6. The second-order valence-electron chi connectivity index (χ2n) is 3.07. The zero-order valence-electron chi connectivity index (χ0n) is 7.78. The van der Waals surface area contributed by atoms with Crippen LogP contribution in [0.1, 0.15) is 6.42 Å². The third kappa shape index (κ3) is 2.57. The molecule has 0 radical (unpaired) electrons. The molecule has 80 valence electrons. The predicted molar refractivity (Wildman–Crippen MR) is 46.3 cm³/mol. The topological polar surface area (TPSA) is 108 Å². The maximum Gasteiger partial charge on any atom is 0.185 e. The summed E-state index contributed by atoms with van der Waals surface area (Å²) >= 11 is 0. The molecule has 0 aromatic rings. The molecular formula is C7H13N3O4. The Morgan fingerprint density at radius 1 is 1.64 bits per heavy atom. The number of aliphatic hydroxyl groups is 2. The highest BCUT2D eigenvalue weighted by molar-refractivity contribution is 4.82. The first-order chi connectivity index (χ1) is 6.69. The second-order valence-corrected chi connectivity index (χ2v) is 3.07. The first kappa shape index (κ1) is 11.2. The lowest BCUT2D eigenvalue weighted by molar-refractivity contribution is -0.255. The van der Waals surface area contributed by atoms with Crippen molar-refractivity contribution >= 4 is 0 Å². The monoisotopic (exact) mass is 203 g/mol. The Morgan fingerprint density at radius 2 is 2.36 bits per heavy atom. The van der Waals surface area contributed by atoms with E-state index in [0.717, 1.165) is 0 Å². The molecule has 0 unspecified atom stereocenters. The smallest absolute Gasteiger partial charge is 0.185 e. The second kappa shape index (κ2) is 5.14. The molecule has 0 aromatic heterocycles. The highest BCUT2D eigenvalue weighted by Crippen LogP contribution is 2.20. The minimum absolute atomic E-state index is 0.125. The molecule has 0 aromatic carbocycles. The van der Waals surface area contributed by atoms with E-state index >= 15 is 0 Å². The number of nitrogens with zero attached hydrogens (tertiary/aromatic N) is 3. The lowest BCUT2D eigenvalue weighted by atomic mass is 10.0. The summed E-state index contributed by atoms with van der Waals surface area (Å²) in [6, 6.07) is 0. The molecule has 7 heteroatoms. The van der Waals surface area contributed by atoms with E-state index in [2.05, 4.69) is 10.0 Å². The molecule has 0 amide bonds. The quantitative estimate of drug-likeness (QED) is 0.375. The molecule has 1 saturated heterocycles. The van der Waals surface area contributed by atoms with Gasteiger partial charge in [-0.2, -0.15) is 0 Å². The molecule has 14 heavy (non-hydrogen) atoms. The van der Waals surface area contributed by atoms with Crippen LogP contribution in [0.4, 0.5) is 0 Å². The van der Waals surface area contributed by atoms with Crippen LogP contribution in [0.3, 0.4) is 0 Å². The highest BCUT2D eigenvalue weighted by atomic mass is 16.7. The van der Waals surface area contributed by atoms with Gasteiger partial charge >= 0.3 is 0 Å². The molecule has 1 aliphatic heterocycles. The van der Waals surface area contributed by atoms with Crippen LogP contribution in [0.5, 0.6) is 0 Å². The Morgan fingerprint density at radius 3 is 2.93 bits per heavy atom. The van der Waals surface area contributed by atoms with Gasteiger partial charge in [-0.1, -0.05) is 5.11 Å². The Balaban J connectivity index is 2.53. The molecule has 1 aliphatic rings. The summed E-state index contributed by atoms with van der Waals surface area (Å²) in [7, 11) is 1.37. The minimum Gasteiger partial charge on any atom is -0.390 e. The van der Waals surface area contributed by atoms with Crippen LogP contribution >= 0.6 is 0 Å². The molecule has 1 fully saturated rings. The van der Waals surface area contributed by atoms with Crippen LogP contribution in [-0.2, 0) is 9.47 Å². The summed E-state index contributed by atoms with van der Waals surface area (Å²) < 4.78 is 10.0. The van der Waals surface area contributed by atoms with Gasteiger partial charge in [0.25, 0.3) is 0 Å². The minimum atomic E-state index is -1.05. The van der Waals surface area contributed by atoms with Gasteiger partial charge in [-0.3, -0.25) is 0 Å². The van der Waals surface area contributed by atoms with Crippen LogP contribution in [0.15, 0.2) is 5.11 Å². The van der Waals surface area contributed by atoms with Crippen LogP contribution < -0.4 is 0 Å². The molecule has 7 nitrogen and oxygen atoms in total. The summed E-state index contributed by atoms with van der Waals surface area (Å²) in [6.45, 7) is 0.125. The molecule has 2 N–H and O–H groups in total. The number of hydrogen-bond acceptors (Lipinski definition) is 5. The van der Waals surface area contributed by atoms with E-state index in [9.17, 15) is 10.2 Å². The number of ether oxygens (including phenoxy) is 2. The molecule has 4 atom stereocenters. The molecular weight excluding hydrogens is 190 g/mol. The van der Waals surface area contributed by atoms with E-state index in [0.29, 0.717) is 0 Å². The van der Waals surface area contributed by atoms with Crippen LogP contribution in [0, 0.1) is 0 Å². The van der Waals surface area contributed by atoms with Crippen molar-refractivity contribution in [3.05, 3.63) is 10.4 Å². The van der Waals surface area contributed by atoms with E-state index < -0.39 is 24.6 Å². The normalized spacial score (nSPS) is 37.6. The number of rotatable bonds is 3. The Labute approximate surface area is 80.9 Å². The van der Waals surface area contributed by atoms with Gasteiger partial charge in [-0.15, -0.1) is 0 Å². The van der Waals surface area contributed by atoms with Gasteiger partial charge in [-0.05, 0) is 5.53 Å². The van der Waals surface area contributed by atoms with Gasteiger partial charge in [0.15, 0.2) is 6.29 Å². The fourth-order valence-corrected chi connectivity index (χ4v) is 1.36. The van der Waals surface area contributed by atoms with Crippen molar-refractivity contribution in [1.82, 2.24) is 0 Å². The third-order valence-electron chi connectivity index (χ3n) is 2.08. The van der Waals surface area contributed by atoms with Crippen LogP contribution in [0.25, 0.3) is 10.4 Å². The molecule has 0 aliphatic carbocycles. The Hall–Kier alpha value is -0.850. The molecule has 0 bridgehead atoms. The van der Waals surface area contributed by atoms with Crippen molar-refractivity contribution in [2.75, 3.05) is 13.7 Å². The third-order valence-corrected chi connectivity index (χ3v) is 2.08. The van der Waals surface area contributed by atoms with E-state index in [1.165, 1.54) is 7.11 Å². The maximum absolute atomic E-state index is 9.40. The Kier molecular flexibility index (Phi) is 4.12.